The minimum atomic E-state index is -0.420. The van der Waals surface area contributed by atoms with E-state index in [1.807, 2.05) is 6.07 Å². The topological polar surface area (TPSA) is 61.4 Å². The number of nitrogens with one attached hydrogen (secondary N) is 2. The van der Waals surface area contributed by atoms with Crippen molar-refractivity contribution in [1.82, 2.24) is 5.32 Å². The minimum absolute atomic E-state index is 0.255. The van der Waals surface area contributed by atoms with Gasteiger partial charge in [-0.2, -0.15) is 0 Å². The summed E-state index contributed by atoms with van der Waals surface area (Å²) in [6.07, 6.45) is 2.11. The van der Waals surface area contributed by atoms with Gasteiger partial charge >= 0.3 is 0 Å². The number of hydrogen-bond donors (Lipinski definition) is 2. The van der Waals surface area contributed by atoms with Crippen LogP contribution in [0.3, 0.4) is 0 Å². The van der Waals surface area contributed by atoms with Gasteiger partial charge < -0.3 is 15.5 Å². The van der Waals surface area contributed by atoms with Gasteiger partial charge in [-0.25, -0.2) is 8.78 Å². The second kappa shape index (κ2) is 9.60. The zero-order valence-electron chi connectivity index (χ0n) is 17.4. The molecule has 0 radical (unpaired) electrons. The molecule has 1 fully saturated rings. The normalized spacial score (nSPS) is 13.1. The van der Waals surface area contributed by atoms with E-state index >= 15 is 0 Å². The molecular formula is C25H23F2N3O2. The van der Waals surface area contributed by atoms with Crippen LogP contribution in [0.25, 0.3) is 0 Å². The fraction of sp³-hybridized carbons (Fsp3) is 0.200. The van der Waals surface area contributed by atoms with Gasteiger partial charge in [0, 0.05) is 36.6 Å². The van der Waals surface area contributed by atoms with Gasteiger partial charge in [0.05, 0.1) is 5.56 Å². The van der Waals surface area contributed by atoms with Crippen molar-refractivity contribution in [3.8, 4) is 0 Å². The summed E-state index contributed by atoms with van der Waals surface area (Å²) in [5.41, 5.74) is 2.82. The Morgan fingerprint density at radius 3 is 2.09 bits per heavy atom. The van der Waals surface area contributed by atoms with E-state index < -0.39 is 11.7 Å². The van der Waals surface area contributed by atoms with Crippen LogP contribution in [0.4, 0.5) is 20.2 Å². The van der Waals surface area contributed by atoms with E-state index in [0.29, 0.717) is 16.8 Å². The highest BCUT2D eigenvalue weighted by atomic mass is 19.1. The number of hydrogen-bond acceptors (Lipinski definition) is 3. The van der Waals surface area contributed by atoms with Gasteiger partial charge in [0.1, 0.15) is 11.6 Å². The van der Waals surface area contributed by atoms with Crippen molar-refractivity contribution >= 4 is 23.2 Å². The van der Waals surface area contributed by atoms with Crippen molar-refractivity contribution in [1.29, 1.82) is 0 Å². The van der Waals surface area contributed by atoms with Gasteiger partial charge in [0.15, 0.2) is 0 Å². The van der Waals surface area contributed by atoms with Crippen LogP contribution in [0.1, 0.15) is 39.1 Å². The monoisotopic (exact) mass is 435 g/mol. The van der Waals surface area contributed by atoms with Crippen molar-refractivity contribution in [2.24, 2.45) is 0 Å². The van der Waals surface area contributed by atoms with Gasteiger partial charge in [0.2, 0.25) is 0 Å². The Bertz CT molecular complexity index is 1110. The van der Waals surface area contributed by atoms with Crippen molar-refractivity contribution in [3.05, 3.63) is 95.1 Å². The Hall–Kier alpha value is -3.74. The molecule has 1 saturated heterocycles. The summed E-state index contributed by atoms with van der Waals surface area (Å²) >= 11 is 0. The van der Waals surface area contributed by atoms with E-state index in [-0.39, 0.29) is 18.3 Å². The fourth-order valence-electron chi connectivity index (χ4n) is 3.71. The molecule has 0 unspecified atom stereocenters. The Balaban J connectivity index is 1.54. The van der Waals surface area contributed by atoms with Gasteiger partial charge in [-0.3, -0.25) is 9.59 Å². The second-order valence-electron chi connectivity index (χ2n) is 7.70. The van der Waals surface area contributed by atoms with Crippen LogP contribution in [0.15, 0.2) is 66.7 Å². The number of rotatable bonds is 6. The fourth-order valence-corrected chi connectivity index (χ4v) is 3.71. The number of anilines is 2. The van der Waals surface area contributed by atoms with E-state index in [9.17, 15) is 18.4 Å². The molecule has 1 aliphatic rings. The molecule has 4 rings (SSSR count). The summed E-state index contributed by atoms with van der Waals surface area (Å²) < 4.78 is 26.2. The number of halogens is 2. The molecule has 0 spiro atoms. The first-order chi connectivity index (χ1) is 15.5. The molecule has 2 amide bonds. The average Bonchev–Trinajstić information content (AvgIpc) is 3.33. The molecule has 7 heteroatoms. The summed E-state index contributed by atoms with van der Waals surface area (Å²) in [5, 5.41) is 5.64. The van der Waals surface area contributed by atoms with Gasteiger partial charge in [-0.15, -0.1) is 0 Å². The molecule has 3 aromatic rings. The number of amides is 2. The minimum Gasteiger partial charge on any atom is -0.371 e. The van der Waals surface area contributed by atoms with Crippen molar-refractivity contribution < 1.29 is 18.4 Å². The Morgan fingerprint density at radius 2 is 1.44 bits per heavy atom. The molecule has 3 aromatic carbocycles. The molecule has 0 aromatic heterocycles. The highest BCUT2D eigenvalue weighted by Gasteiger charge is 2.20. The third-order valence-electron chi connectivity index (χ3n) is 5.42. The maximum atomic E-state index is 13.1. The largest absolute Gasteiger partial charge is 0.371 e. The van der Waals surface area contributed by atoms with Crippen molar-refractivity contribution in [2.75, 3.05) is 23.3 Å². The van der Waals surface area contributed by atoms with Gasteiger partial charge in [-0.1, -0.05) is 12.1 Å². The molecule has 5 nitrogen and oxygen atoms in total. The standard InChI is InChI=1S/C25H23F2N3O2/c26-19-7-3-17(4-8-19)16-28-25(32)22-15-21(11-12-23(22)30-13-1-2-14-30)29-24(31)18-5-9-20(27)10-6-18/h3-12,15H,1-2,13-14,16H2,(H,28,32)(H,29,31). The highest BCUT2D eigenvalue weighted by molar-refractivity contribution is 6.06. The molecule has 164 valence electrons. The lowest BCUT2D eigenvalue weighted by molar-refractivity contribution is 0.0950. The van der Waals surface area contributed by atoms with Crippen LogP contribution in [-0.4, -0.2) is 24.9 Å². The van der Waals surface area contributed by atoms with Crippen LogP contribution in [0, 0.1) is 11.6 Å². The number of benzene rings is 3. The predicted octanol–water partition coefficient (Wildman–Crippen LogP) is 4.75. The van der Waals surface area contributed by atoms with Crippen LogP contribution in [-0.2, 0) is 6.54 Å². The second-order valence-corrected chi connectivity index (χ2v) is 7.70. The van der Waals surface area contributed by atoms with Crippen LogP contribution >= 0.6 is 0 Å². The Morgan fingerprint density at radius 1 is 0.812 bits per heavy atom. The first-order valence-corrected chi connectivity index (χ1v) is 10.5. The van der Waals surface area contributed by atoms with Crippen LogP contribution in [0.5, 0.6) is 0 Å². The lowest BCUT2D eigenvalue weighted by atomic mass is 10.1. The Labute approximate surface area is 185 Å². The van der Waals surface area contributed by atoms with Gasteiger partial charge in [-0.05, 0) is 73.0 Å². The molecule has 2 N–H and O–H groups in total. The molecule has 0 saturated carbocycles. The van der Waals surface area contributed by atoms with E-state index in [0.717, 1.165) is 37.2 Å². The Kier molecular flexibility index (Phi) is 6.44. The number of carbonyl (C=O) groups excluding carboxylic acids is 2. The third kappa shape index (κ3) is 5.11. The molecule has 1 aliphatic heterocycles. The molecule has 32 heavy (non-hydrogen) atoms. The van der Waals surface area contributed by atoms with E-state index in [1.54, 1.807) is 24.3 Å². The molecule has 1 heterocycles. The molecule has 0 aliphatic carbocycles. The summed E-state index contributed by atoms with van der Waals surface area (Å²) in [7, 11) is 0. The van der Waals surface area contributed by atoms with Gasteiger partial charge in [0.25, 0.3) is 11.8 Å². The lowest BCUT2D eigenvalue weighted by Crippen LogP contribution is -2.27. The number of carbonyl (C=O) groups is 2. The SMILES string of the molecule is O=C(Nc1ccc(N2CCCC2)c(C(=O)NCc2ccc(F)cc2)c1)c1ccc(F)cc1. The molecule has 0 bridgehead atoms. The van der Waals surface area contributed by atoms with E-state index in [1.165, 1.54) is 36.4 Å². The highest BCUT2D eigenvalue weighted by Crippen LogP contribution is 2.28. The van der Waals surface area contributed by atoms with Crippen LogP contribution < -0.4 is 15.5 Å². The maximum absolute atomic E-state index is 13.1. The van der Waals surface area contributed by atoms with E-state index in [4.69, 9.17) is 0 Å². The summed E-state index contributed by atoms with van der Waals surface area (Å²) in [6, 6.07) is 16.4. The zero-order valence-corrected chi connectivity index (χ0v) is 17.4. The van der Waals surface area contributed by atoms with E-state index in [2.05, 4.69) is 15.5 Å². The first-order valence-electron chi connectivity index (χ1n) is 10.5. The summed E-state index contributed by atoms with van der Waals surface area (Å²) in [6.45, 7) is 1.98. The lowest BCUT2D eigenvalue weighted by Gasteiger charge is -2.22. The quantitative estimate of drug-likeness (QED) is 0.588. The molecular weight excluding hydrogens is 412 g/mol. The third-order valence-corrected chi connectivity index (χ3v) is 5.42. The molecule has 0 atom stereocenters. The number of nitrogens with zero attached hydrogens (tertiary/aromatic N) is 1. The van der Waals surface area contributed by atoms with Crippen LogP contribution in [0.2, 0.25) is 0 Å². The summed E-state index contributed by atoms with van der Waals surface area (Å²) in [5.74, 6) is -1.43. The predicted molar refractivity (Wildman–Crippen MR) is 120 cm³/mol. The van der Waals surface area contributed by atoms with Crippen molar-refractivity contribution in [3.63, 3.8) is 0 Å². The zero-order chi connectivity index (χ0) is 22.5. The smallest absolute Gasteiger partial charge is 0.255 e. The summed E-state index contributed by atoms with van der Waals surface area (Å²) in [4.78, 5) is 27.7. The first kappa shape index (κ1) is 21.5. The average molecular weight is 435 g/mol. The van der Waals surface area contributed by atoms with Crippen molar-refractivity contribution in [2.45, 2.75) is 19.4 Å². The maximum Gasteiger partial charge on any atom is 0.255 e.